The van der Waals surface area contributed by atoms with Crippen molar-refractivity contribution in [3.63, 3.8) is 0 Å². The number of hydrogen-bond donors (Lipinski definition) is 1. The Bertz CT molecular complexity index is 1150. The average molecular weight is 405 g/mol. The topological polar surface area (TPSA) is 127 Å². The highest BCUT2D eigenvalue weighted by atomic mass is 16.6. The second kappa shape index (κ2) is 7.63. The molecule has 1 amide bonds. The highest BCUT2D eigenvalue weighted by molar-refractivity contribution is 6.46. The summed E-state index contributed by atoms with van der Waals surface area (Å²) in [5.41, 5.74) is 0.158. The van der Waals surface area contributed by atoms with Crippen LogP contribution in [-0.4, -0.2) is 31.6 Å². The molecule has 30 heavy (non-hydrogen) atoms. The van der Waals surface area contributed by atoms with E-state index in [9.17, 15) is 24.8 Å². The van der Waals surface area contributed by atoms with Crippen molar-refractivity contribution in [3.8, 4) is 0 Å². The molecule has 1 N–H and O–H groups in total. The first-order valence-corrected chi connectivity index (χ1v) is 8.93. The summed E-state index contributed by atoms with van der Waals surface area (Å²) in [6.07, 6.45) is 4.49. The molecule has 0 unspecified atom stereocenters. The third-order valence-electron chi connectivity index (χ3n) is 4.78. The van der Waals surface area contributed by atoms with Gasteiger partial charge < -0.3 is 14.4 Å². The molecule has 0 saturated carbocycles. The second-order valence-electron chi connectivity index (χ2n) is 6.60. The predicted octanol–water partition coefficient (Wildman–Crippen LogP) is 3.20. The van der Waals surface area contributed by atoms with Crippen LogP contribution < -0.4 is 0 Å². The highest BCUT2D eigenvalue weighted by Gasteiger charge is 2.46. The van der Waals surface area contributed by atoms with Gasteiger partial charge in [0.1, 0.15) is 11.5 Å². The standard InChI is InChI=1S/C21H15N3O6/c25-19(13-4-1-6-15(10-13)24(28)29)17-18(14-5-2-8-22-11-14)23(21(27)20(17)26)12-16-7-3-9-30-16/h1-11,18,25H,12H2/b19-17+/t18-/m0/s1. The lowest BCUT2D eigenvalue weighted by molar-refractivity contribution is -0.384. The molecule has 1 aliphatic rings. The predicted molar refractivity (Wildman–Crippen MR) is 104 cm³/mol. The molecule has 1 aromatic carbocycles. The molecule has 4 rings (SSSR count). The molecule has 9 nitrogen and oxygen atoms in total. The van der Waals surface area contributed by atoms with Crippen molar-refractivity contribution in [1.82, 2.24) is 9.88 Å². The largest absolute Gasteiger partial charge is 0.507 e. The third-order valence-corrected chi connectivity index (χ3v) is 4.78. The zero-order chi connectivity index (χ0) is 21.3. The number of nitro benzene ring substituents is 1. The van der Waals surface area contributed by atoms with Gasteiger partial charge in [0.15, 0.2) is 0 Å². The fourth-order valence-electron chi connectivity index (χ4n) is 3.42. The minimum absolute atomic E-state index is 0.00283. The first-order valence-electron chi connectivity index (χ1n) is 8.93. The molecule has 3 aromatic rings. The SMILES string of the molecule is O=C1C(=O)N(Cc2ccco2)[C@@H](c2cccnc2)/C1=C(\O)c1cccc([N+](=O)[O-])c1. The van der Waals surface area contributed by atoms with Crippen LogP contribution in [-0.2, 0) is 16.1 Å². The monoisotopic (exact) mass is 405 g/mol. The first kappa shape index (κ1) is 19.1. The van der Waals surface area contributed by atoms with Crippen LogP contribution in [0.1, 0.15) is 22.9 Å². The number of nitro groups is 1. The number of pyridine rings is 1. The van der Waals surface area contributed by atoms with Gasteiger partial charge in [0.2, 0.25) is 0 Å². The van der Waals surface area contributed by atoms with Crippen LogP contribution in [0.3, 0.4) is 0 Å². The molecule has 3 heterocycles. The Morgan fingerprint density at radius 1 is 1.20 bits per heavy atom. The number of aliphatic hydroxyl groups excluding tert-OH is 1. The summed E-state index contributed by atoms with van der Waals surface area (Å²) in [6.45, 7) is 0.00283. The maximum Gasteiger partial charge on any atom is 0.296 e. The maximum absolute atomic E-state index is 12.9. The molecule has 0 aliphatic carbocycles. The number of ketones is 1. The average Bonchev–Trinajstić information content (AvgIpc) is 3.36. The van der Waals surface area contributed by atoms with Gasteiger partial charge in [0.05, 0.1) is 29.3 Å². The number of aromatic nitrogens is 1. The lowest BCUT2D eigenvalue weighted by atomic mass is 9.96. The van der Waals surface area contributed by atoms with Gasteiger partial charge in [-0.1, -0.05) is 18.2 Å². The summed E-state index contributed by atoms with van der Waals surface area (Å²) < 4.78 is 5.31. The minimum Gasteiger partial charge on any atom is -0.507 e. The highest BCUT2D eigenvalue weighted by Crippen LogP contribution is 2.40. The van der Waals surface area contributed by atoms with E-state index in [-0.39, 0.29) is 23.4 Å². The number of hydrogen-bond acceptors (Lipinski definition) is 7. The van der Waals surface area contributed by atoms with Gasteiger partial charge >= 0.3 is 0 Å². The van der Waals surface area contributed by atoms with Gasteiger partial charge in [-0.15, -0.1) is 0 Å². The second-order valence-corrected chi connectivity index (χ2v) is 6.60. The normalized spacial score (nSPS) is 18.0. The third kappa shape index (κ3) is 3.32. The van der Waals surface area contributed by atoms with Crippen molar-refractivity contribution in [2.24, 2.45) is 0 Å². The Kier molecular flexibility index (Phi) is 4.85. The van der Waals surface area contributed by atoms with Crippen LogP contribution in [0.5, 0.6) is 0 Å². The van der Waals surface area contributed by atoms with Crippen molar-refractivity contribution in [3.05, 3.63) is 99.8 Å². The Hall–Kier alpha value is -4.27. The van der Waals surface area contributed by atoms with E-state index >= 15 is 0 Å². The molecule has 1 fully saturated rings. The number of likely N-dealkylation sites (tertiary alicyclic amines) is 1. The number of furan rings is 1. The van der Waals surface area contributed by atoms with Gasteiger partial charge in [0, 0.05) is 30.1 Å². The number of aliphatic hydroxyl groups is 1. The van der Waals surface area contributed by atoms with Crippen molar-refractivity contribution < 1.29 is 24.0 Å². The zero-order valence-corrected chi connectivity index (χ0v) is 15.5. The molecule has 9 heteroatoms. The molecule has 150 valence electrons. The van der Waals surface area contributed by atoms with Crippen LogP contribution in [0.15, 0.2) is 77.2 Å². The van der Waals surface area contributed by atoms with Crippen LogP contribution in [0.4, 0.5) is 5.69 Å². The van der Waals surface area contributed by atoms with Crippen LogP contribution in [0.25, 0.3) is 5.76 Å². The first-order chi connectivity index (χ1) is 14.5. The van der Waals surface area contributed by atoms with Gasteiger partial charge in [-0.25, -0.2) is 0 Å². The van der Waals surface area contributed by atoms with E-state index in [2.05, 4.69) is 4.98 Å². The van der Waals surface area contributed by atoms with Crippen molar-refractivity contribution >= 4 is 23.1 Å². The Labute approximate surface area is 170 Å². The summed E-state index contributed by atoms with van der Waals surface area (Å²) in [4.78, 5) is 41.5. The van der Waals surface area contributed by atoms with E-state index < -0.39 is 28.4 Å². The van der Waals surface area contributed by atoms with Crippen LogP contribution in [0, 0.1) is 10.1 Å². The van der Waals surface area contributed by atoms with Crippen molar-refractivity contribution in [1.29, 1.82) is 0 Å². The Balaban J connectivity index is 1.87. The summed E-state index contributed by atoms with van der Waals surface area (Å²) in [5.74, 6) is -1.74. The van der Waals surface area contributed by atoms with Crippen molar-refractivity contribution in [2.75, 3.05) is 0 Å². The molecule has 1 saturated heterocycles. The number of nitrogens with zero attached hydrogens (tertiary/aromatic N) is 3. The minimum atomic E-state index is -0.928. The number of benzene rings is 1. The maximum atomic E-state index is 12.9. The summed E-state index contributed by atoms with van der Waals surface area (Å²) in [7, 11) is 0. The number of carbonyl (C=O) groups excluding carboxylic acids is 2. The van der Waals surface area contributed by atoms with E-state index in [4.69, 9.17) is 4.42 Å². The van der Waals surface area contributed by atoms with Gasteiger partial charge in [-0.2, -0.15) is 0 Å². The number of rotatable bonds is 5. The number of carbonyl (C=O) groups is 2. The van der Waals surface area contributed by atoms with E-state index in [1.807, 2.05) is 0 Å². The number of Topliss-reactive ketones (excluding diaryl/α,β-unsaturated/α-hetero) is 1. The van der Waals surface area contributed by atoms with Crippen LogP contribution >= 0.6 is 0 Å². The number of non-ortho nitro benzene ring substituents is 1. The fourth-order valence-corrected chi connectivity index (χ4v) is 3.42. The molecule has 1 atom stereocenters. The summed E-state index contributed by atoms with van der Waals surface area (Å²) in [6, 6.07) is 11.0. The lowest BCUT2D eigenvalue weighted by Crippen LogP contribution is -2.29. The lowest BCUT2D eigenvalue weighted by Gasteiger charge is -2.24. The number of amides is 1. The van der Waals surface area contributed by atoms with Gasteiger partial charge in [-0.3, -0.25) is 24.7 Å². The Morgan fingerprint density at radius 2 is 2.03 bits per heavy atom. The molecule has 0 radical (unpaired) electrons. The van der Waals surface area contributed by atoms with Gasteiger partial charge in [-0.05, 0) is 23.8 Å². The molecule has 0 bridgehead atoms. The molecule has 2 aromatic heterocycles. The van der Waals surface area contributed by atoms with E-state index in [1.54, 1.807) is 30.5 Å². The molecule has 1 aliphatic heterocycles. The molecule has 0 spiro atoms. The smallest absolute Gasteiger partial charge is 0.296 e. The van der Waals surface area contributed by atoms with E-state index in [0.717, 1.165) is 6.07 Å². The Morgan fingerprint density at radius 3 is 2.70 bits per heavy atom. The van der Waals surface area contributed by atoms with Gasteiger partial charge in [0.25, 0.3) is 17.4 Å². The van der Waals surface area contributed by atoms with E-state index in [1.165, 1.54) is 35.6 Å². The fraction of sp³-hybridized carbons (Fsp3) is 0.0952. The van der Waals surface area contributed by atoms with Crippen molar-refractivity contribution in [2.45, 2.75) is 12.6 Å². The quantitative estimate of drug-likeness (QED) is 0.227. The van der Waals surface area contributed by atoms with E-state index in [0.29, 0.717) is 11.3 Å². The summed E-state index contributed by atoms with van der Waals surface area (Å²) in [5, 5.41) is 22.0. The summed E-state index contributed by atoms with van der Waals surface area (Å²) >= 11 is 0. The zero-order valence-electron chi connectivity index (χ0n) is 15.5. The van der Waals surface area contributed by atoms with Crippen LogP contribution in [0.2, 0.25) is 0 Å². The molecular formula is C21H15N3O6. The molecular weight excluding hydrogens is 390 g/mol.